The Labute approximate surface area is 160 Å². The maximum absolute atomic E-state index is 13.8. The molecule has 0 unspecified atom stereocenters. The zero-order valence-corrected chi connectivity index (χ0v) is 15.1. The molecule has 1 aliphatic heterocycles. The average Bonchev–Trinajstić information content (AvgIpc) is 3.03. The molecule has 2 N–H and O–H groups in total. The molecule has 0 saturated carbocycles. The van der Waals surface area contributed by atoms with Crippen LogP contribution in [-0.2, 0) is 6.54 Å². The van der Waals surface area contributed by atoms with Crippen molar-refractivity contribution < 1.29 is 4.39 Å². The molecule has 7 nitrogen and oxygen atoms in total. The SMILES string of the molecule is N#Cc1ccc2nc(N3CC[C@@H](F)[C@H](N)C3)n(Cc3ncc(Cl)cn3)c2c1. The number of anilines is 1. The van der Waals surface area contributed by atoms with Crippen LogP contribution in [0.2, 0.25) is 5.02 Å². The van der Waals surface area contributed by atoms with Crippen molar-refractivity contribution in [3.63, 3.8) is 0 Å². The molecule has 2 aromatic heterocycles. The first kappa shape index (κ1) is 17.6. The van der Waals surface area contributed by atoms with Crippen molar-refractivity contribution in [2.24, 2.45) is 5.73 Å². The van der Waals surface area contributed by atoms with Gasteiger partial charge in [0.15, 0.2) is 0 Å². The minimum Gasteiger partial charge on any atom is -0.340 e. The quantitative estimate of drug-likeness (QED) is 0.742. The summed E-state index contributed by atoms with van der Waals surface area (Å²) in [4.78, 5) is 15.2. The van der Waals surface area contributed by atoms with Crippen LogP contribution in [0.5, 0.6) is 0 Å². The number of alkyl halides is 1. The molecule has 1 aliphatic rings. The molecule has 9 heteroatoms. The van der Waals surface area contributed by atoms with Gasteiger partial charge >= 0.3 is 0 Å². The highest BCUT2D eigenvalue weighted by Gasteiger charge is 2.29. The third kappa shape index (κ3) is 3.44. The number of nitrogens with zero attached hydrogens (tertiary/aromatic N) is 6. The molecule has 0 spiro atoms. The third-order valence-corrected chi connectivity index (χ3v) is 4.88. The number of imidazole rings is 1. The van der Waals surface area contributed by atoms with E-state index in [-0.39, 0.29) is 0 Å². The number of halogens is 2. The Bertz CT molecular complexity index is 1010. The molecule has 0 aliphatic carbocycles. The summed E-state index contributed by atoms with van der Waals surface area (Å²) in [7, 11) is 0. The second-order valence-electron chi connectivity index (χ2n) is 6.55. The Kier molecular flexibility index (Phi) is 4.64. The Morgan fingerprint density at radius 2 is 2.11 bits per heavy atom. The molecule has 3 aromatic rings. The monoisotopic (exact) mass is 385 g/mol. The molecule has 1 saturated heterocycles. The summed E-state index contributed by atoms with van der Waals surface area (Å²) < 4.78 is 15.7. The van der Waals surface area contributed by atoms with Crippen LogP contribution in [0.4, 0.5) is 10.3 Å². The number of nitrogens with two attached hydrogens (primary N) is 1. The van der Waals surface area contributed by atoms with Gasteiger partial charge < -0.3 is 15.2 Å². The van der Waals surface area contributed by atoms with Crippen molar-refractivity contribution in [2.45, 2.75) is 25.2 Å². The summed E-state index contributed by atoms with van der Waals surface area (Å²) >= 11 is 5.87. The summed E-state index contributed by atoms with van der Waals surface area (Å²) in [5, 5.41) is 9.70. The van der Waals surface area contributed by atoms with Gasteiger partial charge in [0, 0.05) is 25.5 Å². The lowest BCUT2D eigenvalue weighted by molar-refractivity contribution is 0.243. The van der Waals surface area contributed by atoms with Crippen molar-refractivity contribution in [1.82, 2.24) is 19.5 Å². The molecule has 138 valence electrons. The van der Waals surface area contributed by atoms with Crippen LogP contribution in [0.25, 0.3) is 11.0 Å². The van der Waals surface area contributed by atoms with E-state index in [4.69, 9.17) is 22.3 Å². The molecule has 4 rings (SSSR count). The molecule has 3 heterocycles. The highest BCUT2D eigenvalue weighted by molar-refractivity contribution is 6.30. The summed E-state index contributed by atoms with van der Waals surface area (Å²) in [6, 6.07) is 6.89. The zero-order chi connectivity index (χ0) is 19.0. The topological polar surface area (TPSA) is 96.7 Å². The van der Waals surface area contributed by atoms with E-state index in [0.29, 0.717) is 48.4 Å². The third-order valence-electron chi connectivity index (χ3n) is 4.68. The van der Waals surface area contributed by atoms with Gasteiger partial charge in [0.05, 0.1) is 40.3 Å². The molecule has 2 atom stereocenters. The Morgan fingerprint density at radius 3 is 2.81 bits per heavy atom. The fourth-order valence-electron chi connectivity index (χ4n) is 3.27. The second-order valence-corrected chi connectivity index (χ2v) is 6.98. The molecular weight excluding hydrogens is 369 g/mol. The maximum Gasteiger partial charge on any atom is 0.207 e. The molecule has 27 heavy (non-hydrogen) atoms. The number of piperidine rings is 1. The van der Waals surface area contributed by atoms with E-state index in [2.05, 4.69) is 16.0 Å². The lowest BCUT2D eigenvalue weighted by Crippen LogP contribution is -2.50. The maximum atomic E-state index is 13.8. The predicted molar refractivity (Wildman–Crippen MR) is 100 cm³/mol. The lowest BCUT2D eigenvalue weighted by Gasteiger charge is -2.34. The van der Waals surface area contributed by atoms with Crippen LogP contribution >= 0.6 is 11.6 Å². The number of nitriles is 1. The smallest absolute Gasteiger partial charge is 0.207 e. The van der Waals surface area contributed by atoms with Gasteiger partial charge in [-0.2, -0.15) is 5.26 Å². The van der Waals surface area contributed by atoms with E-state index in [0.717, 1.165) is 11.0 Å². The molecule has 1 fully saturated rings. The summed E-state index contributed by atoms with van der Waals surface area (Å²) in [5.41, 5.74) is 8.00. The Morgan fingerprint density at radius 1 is 1.33 bits per heavy atom. The summed E-state index contributed by atoms with van der Waals surface area (Å²) in [6.45, 7) is 1.24. The zero-order valence-electron chi connectivity index (χ0n) is 14.4. The van der Waals surface area contributed by atoms with Crippen molar-refractivity contribution >= 4 is 28.6 Å². The van der Waals surface area contributed by atoms with E-state index in [1.54, 1.807) is 18.2 Å². The molecular formula is C18H17ClFN7. The van der Waals surface area contributed by atoms with E-state index in [1.165, 1.54) is 12.4 Å². The number of fused-ring (bicyclic) bond motifs is 1. The largest absolute Gasteiger partial charge is 0.340 e. The van der Waals surface area contributed by atoms with Crippen LogP contribution in [0, 0.1) is 11.3 Å². The van der Waals surface area contributed by atoms with Gasteiger partial charge in [0.25, 0.3) is 0 Å². The van der Waals surface area contributed by atoms with E-state index >= 15 is 0 Å². The van der Waals surface area contributed by atoms with Gasteiger partial charge in [-0.25, -0.2) is 19.3 Å². The molecule has 0 bridgehead atoms. The van der Waals surface area contributed by atoms with E-state index < -0.39 is 12.2 Å². The summed E-state index contributed by atoms with van der Waals surface area (Å²) in [5.74, 6) is 1.23. The van der Waals surface area contributed by atoms with Gasteiger partial charge in [0.1, 0.15) is 12.0 Å². The van der Waals surface area contributed by atoms with Crippen LogP contribution in [-0.4, -0.2) is 44.8 Å². The van der Waals surface area contributed by atoms with Crippen molar-refractivity contribution in [3.05, 3.63) is 47.0 Å². The number of aromatic nitrogens is 4. The van der Waals surface area contributed by atoms with Crippen LogP contribution in [0.15, 0.2) is 30.6 Å². The summed E-state index contributed by atoms with van der Waals surface area (Å²) in [6.07, 6.45) is 2.41. The normalized spacial score (nSPS) is 20.0. The first-order valence-corrected chi connectivity index (χ1v) is 8.94. The number of rotatable bonds is 3. The van der Waals surface area contributed by atoms with Crippen molar-refractivity contribution in [2.75, 3.05) is 18.0 Å². The predicted octanol–water partition coefficient (Wildman–Crippen LogP) is 2.28. The van der Waals surface area contributed by atoms with Gasteiger partial charge in [-0.05, 0) is 24.6 Å². The lowest BCUT2D eigenvalue weighted by atomic mass is 10.1. The highest BCUT2D eigenvalue weighted by atomic mass is 35.5. The number of benzene rings is 1. The van der Waals surface area contributed by atoms with Gasteiger partial charge in [-0.3, -0.25) is 0 Å². The minimum absolute atomic E-state index is 0.350. The van der Waals surface area contributed by atoms with Crippen molar-refractivity contribution in [3.8, 4) is 6.07 Å². The standard InChI is InChI=1S/C18H17ClFN7/c19-12-7-23-17(24-8-12)10-27-16-5-11(6-21)1-2-15(16)25-18(27)26-4-3-13(20)14(22)9-26/h1-2,5,7-8,13-14H,3-4,9-10,22H2/t13-,14-/m1/s1. The number of hydrogen-bond acceptors (Lipinski definition) is 6. The first-order chi connectivity index (χ1) is 13.0. The second kappa shape index (κ2) is 7.10. The van der Waals surface area contributed by atoms with Crippen LogP contribution in [0.3, 0.4) is 0 Å². The minimum atomic E-state index is -1.01. The van der Waals surface area contributed by atoms with Gasteiger partial charge in [-0.1, -0.05) is 11.6 Å². The molecule has 1 aromatic carbocycles. The van der Waals surface area contributed by atoms with Crippen LogP contribution < -0.4 is 10.6 Å². The average molecular weight is 386 g/mol. The number of hydrogen-bond donors (Lipinski definition) is 1. The fraction of sp³-hybridized carbons (Fsp3) is 0.333. The Hall–Kier alpha value is -2.76. The van der Waals surface area contributed by atoms with Crippen molar-refractivity contribution in [1.29, 1.82) is 5.26 Å². The first-order valence-electron chi connectivity index (χ1n) is 8.56. The molecule has 0 radical (unpaired) electrons. The molecule has 0 amide bonds. The van der Waals surface area contributed by atoms with E-state index in [1.807, 2.05) is 9.47 Å². The Balaban J connectivity index is 1.79. The van der Waals surface area contributed by atoms with E-state index in [9.17, 15) is 9.65 Å². The van der Waals surface area contributed by atoms with Crippen LogP contribution in [0.1, 0.15) is 17.8 Å². The highest BCUT2D eigenvalue weighted by Crippen LogP contribution is 2.27. The van der Waals surface area contributed by atoms with Gasteiger partial charge in [0.2, 0.25) is 5.95 Å². The fourth-order valence-corrected chi connectivity index (χ4v) is 3.37. The van der Waals surface area contributed by atoms with Gasteiger partial charge in [-0.15, -0.1) is 0 Å².